The van der Waals surface area contributed by atoms with Crippen molar-refractivity contribution >= 4 is 41.0 Å². The molecule has 1 aliphatic rings. The maximum atomic E-state index is 12.8. The number of benzene rings is 1. The summed E-state index contributed by atoms with van der Waals surface area (Å²) in [4.78, 5) is 37.9. The summed E-state index contributed by atoms with van der Waals surface area (Å²) in [5.41, 5.74) is 0.657. The van der Waals surface area contributed by atoms with Crippen LogP contribution in [0.15, 0.2) is 23.1 Å². The number of thioether (sulfide) groups is 1. The van der Waals surface area contributed by atoms with Gasteiger partial charge >= 0.3 is 12.0 Å². The minimum absolute atomic E-state index is 0.0119. The number of urea groups is 1. The van der Waals surface area contributed by atoms with Gasteiger partial charge in [-0.2, -0.15) is 0 Å². The van der Waals surface area contributed by atoms with Gasteiger partial charge in [-0.25, -0.2) is 13.6 Å². The number of amides is 3. The number of carbonyl (C=O) groups excluding carboxylic acids is 2. The van der Waals surface area contributed by atoms with Gasteiger partial charge in [0.1, 0.15) is 0 Å². The van der Waals surface area contributed by atoms with Crippen molar-refractivity contribution in [2.75, 3.05) is 36.1 Å². The fourth-order valence-electron chi connectivity index (χ4n) is 2.41. The van der Waals surface area contributed by atoms with E-state index in [1.54, 1.807) is 12.1 Å². The van der Waals surface area contributed by atoms with Crippen LogP contribution < -0.4 is 10.2 Å². The third-order valence-electron chi connectivity index (χ3n) is 3.79. The van der Waals surface area contributed by atoms with Crippen molar-refractivity contribution in [2.24, 2.45) is 5.92 Å². The van der Waals surface area contributed by atoms with Crippen LogP contribution in [0.25, 0.3) is 0 Å². The molecule has 0 saturated carbocycles. The Morgan fingerprint density at radius 1 is 1.42 bits per heavy atom. The Labute approximate surface area is 153 Å². The number of hydrogen-bond donors (Lipinski definition) is 2. The highest BCUT2D eigenvalue weighted by Gasteiger charge is 2.27. The molecule has 0 radical (unpaired) electrons. The number of halogens is 2. The number of aliphatic carboxylic acids is 1. The molecular weight excluding hydrogens is 368 g/mol. The minimum atomic E-state index is -2.67. The van der Waals surface area contributed by atoms with E-state index < -0.39 is 36.8 Å². The van der Waals surface area contributed by atoms with Gasteiger partial charge in [0.2, 0.25) is 5.91 Å². The molecule has 0 spiro atoms. The van der Waals surface area contributed by atoms with E-state index in [-0.39, 0.29) is 12.3 Å². The second kappa shape index (κ2) is 8.35. The molecule has 0 aromatic heterocycles. The molecule has 2 rings (SSSR count). The maximum absolute atomic E-state index is 12.8. The lowest BCUT2D eigenvalue weighted by Crippen LogP contribution is -2.39. The number of hydrogen-bond acceptors (Lipinski definition) is 4. The zero-order valence-electron chi connectivity index (χ0n) is 14.2. The largest absolute Gasteiger partial charge is 0.481 e. The molecule has 10 heteroatoms. The quantitative estimate of drug-likeness (QED) is 0.783. The second-order valence-electron chi connectivity index (χ2n) is 5.92. The maximum Gasteiger partial charge on any atom is 0.321 e. The lowest BCUT2D eigenvalue weighted by atomic mass is 10.2. The van der Waals surface area contributed by atoms with Gasteiger partial charge in [0.15, 0.2) is 0 Å². The predicted octanol–water partition coefficient (Wildman–Crippen LogP) is 2.57. The first-order valence-corrected chi connectivity index (χ1v) is 8.78. The number of carboxylic acid groups (broad SMARTS) is 1. The molecule has 0 fully saturated rings. The zero-order chi connectivity index (χ0) is 19.4. The first-order chi connectivity index (χ1) is 12.2. The summed E-state index contributed by atoms with van der Waals surface area (Å²) in [5.74, 6) is -2.08. The fraction of sp³-hybridized carbons (Fsp3) is 0.438. The molecule has 1 aliphatic heterocycles. The number of nitrogens with zero attached hydrogens (tertiary/aromatic N) is 2. The Balaban J connectivity index is 2.14. The zero-order valence-corrected chi connectivity index (χ0v) is 15.1. The molecule has 1 aromatic rings. The minimum Gasteiger partial charge on any atom is -0.481 e. The highest BCUT2D eigenvalue weighted by atomic mass is 32.2. The van der Waals surface area contributed by atoms with Crippen molar-refractivity contribution in [3.05, 3.63) is 18.2 Å². The Morgan fingerprint density at radius 2 is 2.12 bits per heavy atom. The van der Waals surface area contributed by atoms with Gasteiger partial charge in [0.25, 0.3) is 6.43 Å². The molecular formula is C16H19F2N3O4S. The molecule has 3 amide bonds. The van der Waals surface area contributed by atoms with Gasteiger partial charge in [-0.1, -0.05) is 6.92 Å². The van der Waals surface area contributed by atoms with Gasteiger partial charge in [-0.3, -0.25) is 9.59 Å². The topological polar surface area (TPSA) is 90.0 Å². The van der Waals surface area contributed by atoms with Crippen LogP contribution in [-0.2, 0) is 9.59 Å². The van der Waals surface area contributed by atoms with Crippen LogP contribution in [0.5, 0.6) is 0 Å². The number of rotatable bonds is 6. The Morgan fingerprint density at radius 3 is 2.73 bits per heavy atom. The van der Waals surface area contributed by atoms with E-state index >= 15 is 0 Å². The van der Waals surface area contributed by atoms with Crippen molar-refractivity contribution in [1.82, 2.24) is 4.90 Å². The summed E-state index contributed by atoms with van der Waals surface area (Å²) in [6, 6.07) is 4.19. The third kappa shape index (κ3) is 4.84. The number of fused-ring (bicyclic) bond motifs is 1. The van der Waals surface area contributed by atoms with Crippen LogP contribution in [0.1, 0.15) is 6.92 Å². The predicted molar refractivity (Wildman–Crippen MR) is 94.0 cm³/mol. The lowest BCUT2D eigenvalue weighted by molar-refractivity contribution is -0.141. The third-order valence-corrected chi connectivity index (χ3v) is 4.84. The van der Waals surface area contributed by atoms with Gasteiger partial charge in [-0.15, -0.1) is 11.8 Å². The summed E-state index contributed by atoms with van der Waals surface area (Å²) in [7, 11) is 1.45. The number of carbonyl (C=O) groups is 3. The fourth-order valence-corrected chi connectivity index (χ4v) is 3.32. The smallest absolute Gasteiger partial charge is 0.321 e. The number of anilines is 2. The summed E-state index contributed by atoms with van der Waals surface area (Å²) in [6.07, 6.45) is -2.67. The Hall–Kier alpha value is -2.36. The van der Waals surface area contributed by atoms with E-state index in [9.17, 15) is 23.2 Å². The molecule has 142 valence electrons. The number of alkyl halides is 2. The number of nitrogens with one attached hydrogen (secondary N) is 1. The van der Waals surface area contributed by atoms with E-state index in [0.717, 1.165) is 4.90 Å². The normalized spacial score (nSPS) is 14.8. The second-order valence-corrected chi connectivity index (χ2v) is 6.93. The highest BCUT2D eigenvalue weighted by Crippen LogP contribution is 2.37. The molecule has 1 unspecified atom stereocenters. The standard InChI is InChI=1S/C16H19F2N3O4S/c1-9(15(23)24)6-20(2)16(25)19-10-3-4-12-11(5-10)21(7-13(17)18)14(22)8-26-12/h3-5,9,13H,6-8H2,1-2H3,(H,19,25)(H,23,24). The molecule has 26 heavy (non-hydrogen) atoms. The average Bonchev–Trinajstić information content (AvgIpc) is 2.57. The van der Waals surface area contributed by atoms with Gasteiger partial charge in [0, 0.05) is 24.2 Å². The molecule has 1 aromatic carbocycles. The lowest BCUT2D eigenvalue weighted by Gasteiger charge is -2.29. The van der Waals surface area contributed by atoms with E-state index in [2.05, 4.69) is 5.32 Å². The van der Waals surface area contributed by atoms with Crippen LogP contribution in [-0.4, -0.2) is 60.2 Å². The molecule has 1 heterocycles. The van der Waals surface area contributed by atoms with E-state index in [4.69, 9.17) is 5.11 Å². The van der Waals surface area contributed by atoms with Crippen LogP contribution in [0.2, 0.25) is 0 Å². The molecule has 1 atom stereocenters. The van der Waals surface area contributed by atoms with Gasteiger partial charge < -0.3 is 20.2 Å². The van der Waals surface area contributed by atoms with E-state index in [0.29, 0.717) is 16.3 Å². The van der Waals surface area contributed by atoms with Crippen molar-refractivity contribution in [2.45, 2.75) is 18.2 Å². The van der Waals surface area contributed by atoms with Crippen LogP contribution in [0.4, 0.5) is 25.0 Å². The Kier molecular flexibility index (Phi) is 6.41. The van der Waals surface area contributed by atoms with Crippen molar-refractivity contribution in [1.29, 1.82) is 0 Å². The van der Waals surface area contributed by atoms with E-state index in [1.165, 1.54) is 36.7 Å². The summed E-state index contributed by atoms with van der Waals surface area (Å²) < 4.78 is 25.5. The van der Waals surface area contributed by atoms with Crippen molar-refractivity contribution in [3.63, 3.8) is 0 Å². The first kappa shape index (κ1) is 20.0. The van der Waals surface area contributed by atoms with Crippen molar-refractivity contribution < 1.29 is 28.3 Å². The molecule has 2 N–H and O–H groups in total. The highest BCUT2D eigenvalue weighted by molar-refractivity contribution is 8.00. The van der Waals surface area contributed by atoms with Crippen molar-refractivity contribution in [3.8, 4) is 0 Å². The summed E-state index contributed by atoms with van der Waals surface area (Å²) in [6.45, 7) is 0.786. The number of carboxylic acids is 1. The first-order valence-electron chi connectivity index (χ1n) is 7.79. The van der Waals surface area contributed by atoms with Crippen LogP contribution >= 0.6 is 11.8 Å². The van der Waals surface area contributed by atoms with Gasteiger partial charge in [0.05, 0.1) is 23.9 Å². The summed E-state index contributed by atoms with van der Waals surface area (Å²) >= 11 is 1.25. The summed E-state index contributed by atoms with van der Waals surface area (Å²) in [5, 5.41) is 11.5. The molecule has 0 aliphatic carbocycles. The van der Waals surface area contributed by atoms with E-state index in [1.807, 2.05) is 0 Å². The molecule has 0 bridgehead atoms. The monoisotopic (exact) mass is 387 g/mol. The van der Waals surface area contributed by atoms with Crippen LogP contribution in [0.3, 0.4) is 0 Å². The van der Waals surface area contributed by atoms with Gasteiger partial charge in [-0.05, 0) is 18.2 Å². The van der Waals surface area contributed by atoms with Crippen LogP contribution in [0, 0.1) is 5.92 Å². The SMILES string of the molecule is CC(CN(C)C(=O)Nc1ccc2c(c1)N(CC(F)F)C(=O)CS2)C(=O)O. The molecule has 7 nitrogen and oxygen atoms in total. The Bertz CT molecular complexity index is 717. The molecule has 0 saturated heterocycles. The average molecular weight is 387 g/mol.